The van der Waals surface area contributed by atoms with E-state index in [4.69, 9.17) is 28.2 Å². The van der Waals surface area contributed by atoms with Gasteiger partial charge < -0.3 is 0 Å². The van der Waals surface area contributed by atoms with Crippen molar-refractivity contribution in [3.8, 4) is 11.4 Å². The fourth-order valence-electron chi connectivity index (χ4n) is 2.72. The molecule has 7 heteroatoms. The van der Waals surface area contributed by atoms with Gasteiger partial charge in [0.2, 0.25) is 0 Å². The number of nitrogens with zero attached hydrogens (tertiary/aromatic N) is 2. The average molecular weight is 494 g/mol. The van der Waals surface area contributed by atoms with Crippen LogP contribution in [0.1, 0.15) is 5.56 Å². The number of hydrogen-bond donors (Lipinski definition) is 0. The van der Waals surface area contributed by atoms with Crippen molar-refractivity contribution in [2.24, 2.45) is 0 Å². The first-order chi connectivity index (χ1) is 13.5. The third-order valence-electron chi connectivity index (χ3n) is 4.14. The first-order valence-corrected chi connectivity index (χ1v) is 10.8. The van der Waals surface area contributed by atoms with E-state index < -0.39 is 0 Å². The third kappa shape index (κ3) is 4.18. The lowest BCUT2D eigenvalue weighted by Gasteiger charge is -2.10. The summed E-state index contributed by atoms with van der Waals surface area (Å²) in [5.74, 6) is 0.769. The Kier molecular flexibility index (Phi) is 5.88. The minimum absolute atomic E-state index is 0.329. The average Bonchev–Trinajstić information content (AvgIpc) is 2.68. The summed E-state index contributed by atoms with van der Waals surface area (Å²) in [6.07, 6.45) is 0. The molecule has 2 nitrogen and oxygen atoms in total. The number of halogens is 4. The van der Waals surface area contributed by atoms with Gasteiger partial charge >= 0.3 is 0 Å². The zero-order valence-electron chi connectivity index (χ0n) is 14.3. The molecular weight excluding hydrogens is 482 g/mol. The van der Waals surface area contributed by atoms with Crippen LogP contribution >= 0.6 is 50.9 Å². The molecule has 3 aromatic carbocycles. The predicted molar refractivity (Wildman–Crippen MR) is 119 cm³/mol. The standard InChI is InChI=1S/C21H12BrCl2FN2S/c22-13-6-4-12(5-7-13)20-26-19-9-8-14(25)10-15(19)21(27-20)28-11-16-17(23)2-1-3-18(16)24/h1-10H,11H2. The first kappa shape index (κ1) is 19.6. The van der Waals surface area contributed by atoms with Crippen LogP contribution in [-0.4, -0.2) is 9.97 Å². The first-order valence-electron chi connectivity index (χ1n) is 8.30. The van der Waals surface area contributed by atoms with Crippen LogP contribution in [0.3, 0.4) is 0 Å². The second kappa shape index (κ2) is 8.37. The van der Waals surface area contributed by atoms with Crippen LogP contribution in [0.15, 0.2) is 70.2 Å². The van der Waals surface area contributed by atoms with Gasteiger partial charge in [0.25, 0.3) is 0 Å². The van der Waals surface area contributed by atoms with Crippen molar-refractivity contribution >= 4 is 61.8 Å². The molecule has 0 bridgehead atoms. The Bertz CT molecular complexity index is 1150. The van der Waals surface area contributed by atoms with E-state index in [-0.39, 0.29) is 5.82 Å². The van der Waals surface area contributed by atoms with Gasteiger partial charge in [-0.15, -0.1) is 11.8 Å². The highest BCUT2D eigenvalue weighted by molar-refractivity contribution is 9.10. The summed E-state index contributed by atoms with van der Waals surface area (Å²) in [6, 6.07) is 17.7. The number of fused-ring (bicyclic) bond motifs is 1. The van der Waals surface area contributed by atoms with Gasteiger partial charge in [0.05, 0.1) is 5.52 Å². The van der Waals surface area contributed by atoms with Gasteiger partial charge in [0.1, 0.15) is 10.8 Å². The normalized spacial score (nSPS) is 11.1. The van der Waals surface area contributed by atoms with E-state index in [1.165, 1.54) is 23.9 Å². The van der Waals surface area contributed by atoms with Gasteiger partial charge in [0.15, 0.2) is 5.82 Å². The zero-order valence-corrected chi connectivity index (χ0v) is 18.2. The van der Waals surface area contributed by atoms with Crippen LogP contribution in [0.25, 0.3) is 22.3 Å². The lowest BCUT2D eigenvalue weighted by molar-refractivity contribution is 0.629. The Morgan fingerprint density at radius 2 is 1.64 bits per heavy atom. The van der Waals surface area contributed by atoms with Crippen LogP contribution in [0, 0.1) is 5.82 Å². The molecule has 0 atom stereocenters. The van der Waals surface area contributed by atoms with Crippen LogP contribution in [0.2, 0.25) is 10.0 Å². The molecule has 1 aromatic heterocycles. The van der Waals surface area contributed by atoms with E-state index in [1.54, 1.807) is 24.3 Å². The Morgan fingerprint density at radius 3 is 2.36 bits per heavy atom. The smallest absolute Gasteiger partial charge is 0.161 e. The number of hydrogen-bond acceptors (Lipinski definition) is 3. The Morgan fingerprint density at radius 1 is 0.929 bits per heavy atom. The molecule has 0 N–H and O–H groups in total. The van der Waals surface area contributed by atoms with Gasteiger partial charge in [-0.25, -0.2) is 14.4 Å². The second-order valence-electron chi connectivity index (χ2n) is 6.01. The van der Waals surface area contributed by atoms with Gasteiger partial charge in [-0.2, -0.15) is 0 Å². The van der Waals surface area contributed by atoms with E-state index >= 15 is 0 Å². The van der Waals surface area contributed by atoms with Gasteiger partial charge in [0, 0.05) is 31.2 Å². The molecule has 0 radical (unpaired) electrons. The molecule has 0 aliphatic carbocycles. The highest BCUT2D eigenvalue weighted by Crippen LogP contribution is 2.35. The van der Waals surface area contributed by atoms with E-state index in [1.807, 2.05) is 24.3 Å². The molecule has 28 heavy (non-hydrogen) atoms. The third-order valence-corrected chi connectivity index (χ3v) is 6.39. The molecule has 4 rings (SSSR count). The summed E-state index contributed by atoms with van der Waals surface area (Å²) >= 11 is 17.5. The maximum absolute atomic E-state index is 13.9. The van der Waals surface area contributed by atoms with Crippen molar-refractivity contribution in [3.63, 3.8) is 0 Å². The Labute approximate surface area is 184 Å². The maximum Gasteiger partial charge on any atom is 0.161 e. The maximum atomic E-state index is 13.9. The van der Waals surface area contributed by atoms with Crippen LogP contribution < -0.4 is 0 Å². The lowest BCUT2D eigenvalue weighted by atomic mass is 10.2. The number of rotatable bonds is 4. The zero-order chi connectivity index (χ0) is 19.7. The quantitative estimate of drug-likeness (QED) is 0.214. The van der Waals surface area contributed by atoms with E-state index in [0.717, 1.165) is 15.6 Å². The SMILES string of the molecule is Fc1ccc2nc(-c3ccc(Br)cc3)nc(SCc3c(Cl)cccc3Cl)c2c1. The van der Waals surface area contributed by atoms with Crippen molar-refractivity contribution < 1.29 is 4.39 Å². The van der Waals surface area contributed by atoms with Crippen molar-refractivity contribution in [2.45, 2.75) is 10.8 Å². The molecule has 0 spiro atoms. The lowest BCUT2D eigenvalue weighted by Crippen LogP contribution is -1.95. The van der Waals surface area contributed by atoms with Crippen molar-refractivity contribution in [3.05, 3.63) is 86.6 Å². The minimum Gasteiger partial charge on any atom is -0.228 e. The molecule has 0 saturated carbocycles. The molecule has 0 amide bonds. The molecule has 0 fully saturated rings. The Hall–Kier alpha value is -1.66. The van der Waals surface area contributed by atoms with Gasteiger partial charge in [-0.3, -0.25) is 0 Å². The Balaban J connectivity index is 1.78. The highest BCUT2D eigenvalue weighted by Gasteiger charge is 2.13. The van der Waals surface area contributed by atoms with Crippen molar-refractivity contribution in [1.29, 1.82) is 0 Å². The van der Waals surface area contributed by atoms with Gasteiger partial charge in [-0.05, 0) is 48.0 Å². The summed E-state index contributed by atoms with van der Waals surface area (Å²) in [5.41, 5.74) is 2.39. The highest BCUT2D eigenvalue weighted by atomic mass is 79.9. The molecule has 0 saturated heterocycles. The van der Waals surface area contributed by atoms with Crippen LogP contribution in [0.5, 0.6) is 0 Å². The summed E-state index contributed by atoms with van der Waals surface area (Å²) in [5, 5.41) is 2.53. The number of aromatic nitrogens is 2. The number of thioether (sulfide) groups is 1. The second-order valence-corrected chi connectivity index (χ2v) is 8.70. The molecule has 0 unspecified atom stereocenters. The van der Waals surface area contributed by atoms with Crippen molar-refractivity contribution in [1.82, 2.24) is 9.97 Å². The fraction of sp³-hybridized carbons (Fsp3) is 0.0476. The molecule has 1 heterocycles. The minimum atomic E-state index is -0.329. The predicted octanol–water partition coefficient (Wildman–Crippen LogP) is 7.80. The van der Waals surface area contributed by atoms with E-state index in [2.05, 4.69) is 20.9 Å². The monoisotopic (exact) mass is 492 g/mol. The summed E-state index contributed by atoms with van der Waals surface area (Å²) in [4.78, 5) is 9.31. The molecular formula is C21H12BrCl2FN2S. The van der Waals surface area contributed by atoms with Gasteiger partial charge in [-0.1, -0.05) is 57.3 Å². The summed E-state index contributed by atoms with van der Waals surface area (Å²) in [7, 11) is 0. The largest absolute Gasteiger partial charge is 0.228 e. The van der Waals surface area contributed by atoms with Crippen molar-refractivity contribution in [2.75, 3.05) is 0 Å². The molecule has 140 valence electrons. The fourth-order valence-corrected chi connectivity index (χ4v) is 4.74. The van der Waals surface area contributed by atoms with E-state index in [9.17, 15) is 4.39 Å². The number of benzene rings is 3. The van der Waals surface area contributed by atoms with Crippen LogP contribution in [-0.2, 0) is 5.75 Å². The summed E-state index contributed by atoms with van der Waals surface area (Å²) in [6.45, 7) is 0. The topological polar surface area (TPSA) is 25.8 Å². The molecule has 4 aromatic rings. The molecule has 0 aliphatic rings. The molecule has 0 aliphatic heterocycles. The van der Waals surface area contributed by atoms with E-state index in [0.29, 0.717) is 37.6 Å². The van der Waals surface area contributed by atoms with Crippen LogP contribution in [0.4, 0.5) is 4.39 Å². The summed E-state index contributed by atoms with van der Waals surface area (Å²) < 4.78 is 14.8.